The molecule has 1 fully saturated rings. The molecule has 0 saturated heterocycles. The molecule has 9 heteroatoms. The number of amides is 2. The van der Waals surface area contributed by atoms with Gasteiger partial charge in [0, 0.05) is 0 Å². The lowest BCUT2D eigenvalue weighted by atomic mass is 10.1. The molecule has 1 saturated carbocycles. The van der Waals surface area contributed by atoms with Gasteiger partial charge in [0.05, 0.1) is 33.8 Å². The van der Waals surface area contributed by atoms with Crippen molar-refractivity contribution in [1.29, 1.82) is 0 Å². The Morgan fingerprint density at radius 1 is 1.09 bits per heavy atom. The quantitative estimate of drug-likeness (QED) is 0.801. The highest BCUT2D eigenvalue weighted by Gasteiger charge is 2.38. The SMILES string of the molecule is O=C1c2cc(Cl)c(Cl)cc2C(=O)N1Cc1nnnn1C1CC1. The molecule has 2 aliphatic rings. The van der Waals surface area contributed by atoms with E-state index < -0.39 is 11.8 Å². The van der Waals surface area contributed by atoms with Crippen LogP contribution in [-0.4, -0.2) is 36.9 Å². The van der Waals surface area contributed by atoms with E-state index in [0.29, 0.717) is 5.82 Å². The Morgan fingerprint density at radius 2 is 1.68 bits per heavy atom. The first-order chi connectivity index (χ1) is 10.6. The van der Waals surface area contributed by atoms with Crippen LogP contribution in [0.15, 0.2) is 12.1 Å². The molecule has 4 rings (SSSR count). The highest BCUT2D eigenvalue weighted by atomic mass is 35.5. The standard InChI is InChI=1S/C13H9Cl2N5O2/c14-9-3-7-8(4-10(9)15)13(22)19(12(7)21)5-11-16-17-18-20(11)6-1-2-6/h3-4,6H,1-2,5H2. The predicted octanol–water partition coefficient (Wildman–Crippen LogP) is 2.11. The number of fused-ring (bicyclic) bond motifs is 1. The molecular weight excluding hydrogens is 329 g/mol. The van der Waals surface area contributed by atoms with Crippen LogP contribution in [0.2, 0.25) is 10.0 Å². The van der Waals surface area contributed by atoms with Crippen molar-refractivity contribution in [2.45, 2.75) is 25.4 Å². The molecule has 0 bridgehead atoms. The number of benzene rings is 1. The van der Waals surface area contributed by atoms with Gasteiger partial charge in [-0.1, -0.05) is 23.2 Å². The van der Waals surface area contributed by atoms with E-state index in [-0.39, 0.29) is 33.8 Å². The van der Waals surface area contributed by atoms with Gasteiger partial charge >= 0.3 is 0 Å². The van der Waals surface area contributed by atoms with E-state index in [1.165, 1.54) is 12.1 Å². The normalized spacial score (nSPS) is 17.3. The van der Waals surface area contributed by atoms with Crippen molar-refractivity contribution < 1.29 is 9.59 Å². The summed E-state index contributed by atoms with van der Waals surface area (Å²) in [6.07, 6.45) is 2.01. The van der Waals surface area contributed by atoms with Crippen LogP contribution >= 0.6 is 23.2 Å². The molecule has 2 heterocycles. The largest absolute Gasteiger partial charge is 0.269 e. The molecule has 112 valence electrons. The second kappa shape index (κ2) is 4.76. The molecule has 1 aromatic heterocycles. The molecule has 0 radical (unpaired) electrons. The Morgan fingerprint density at radius 3 is 2.23 bits per heavy atom. The number of aromatic nitrogens is 4. The summed E-state index contributed by atoms with van der Waals surface area (Å²) in [5, 5.41) is 11.9. The zero-order valence-electron chi connectivity index (χ0n) is 11.2. The van der Waals surface area contributed by atoms with Gasteiger partial charge in [-0.2, -0.15) is 0 Å². The second-order valence-electron chi connectivity index (χ2n) is 5.28. The number of tetrazole rings is 1. The smallest absolute Gasteiger partial charge is 0.262 e. The van der Waals surface area contributed by atoms with E-state index in [1.807, 2.05) is 0 Å². The zero-order chi connectivity index (χ0) is 15.4. The molecule has 7 nitrogen and oxygen atoms in total. The van der Waals surface area contributed by atoms with Crippen LogP contribution in [0, 0.1) is 0 Å². The van der Waals surface area contributed by atoms with Gasteiger partial charge in [-0.25, -0.2) is 4.68 Å². The number of hydrogen-bond acceptors (Lipinski definition) is 5. The number of carbonyl (C=O) groups excluding carboxylic acids is 2. The summed E-state index contributed by atoms with van der Waals surface area (Å²) in [5.41, 5.74) is 0.509. The van der Waals surface area contributed by atoms with Crippen molar-refractivity contribution >= 4 is 35.0 Å². The summed E-state index contributed by atoms with van der Waals surface area (Å²) in [5.74, 6) is -0.331. The maximum atomic E-state index is 12.4. The summed E-state index contributed by atoms with van der Waals surface area (Å²) < 4.78 is 1.67. The minimum atomic E-state index is -0.413. The monoisotopic (exact) mass is 337 g/mol. The first-order valence-electron chi connectivity index (χ1n) is 6.68. The fourth-order valence-electron chi connectivity index (χ4n) is 2.49. The molecule has 1 aromatic carbocycles. The van der Waals surface area contributed by atoms with Gasteiger partial charge in [0.1, 0.15) is 0 Å². The zero-order valence-corrected chi connectivity index (χ0v) is 12.7. The van der Waals surface area contributed by atoms with E-state index >= 15 is 0 Å². The lowest BCUT2D eigenvalue weighted by molar-refractivity contribution is 0.0636. The number of hydrogen-bond donors (Lipinski definition) is 0. The van der Waals surface area contributed by atoms with Crippen LogP contribution in [0.5, 0.6) is 0 Å². The van der Waals surface area contributed by atoms with Crippen molar-refractivity contribution in [3.05, 3.63) is 39.1 Å². The van der Waals surface area contributed by atoms with E-state index in [0.717, 1.165) is 17.7 Å². The highest BCUT2D eigenvalue weighted by molar-refractivity contribution is 6.43. The van der Waals surface area contributed by atoms with Crippen LogP contribution in [0.3, 0.4) is 0 Å². The molecule has 1 aliphatic carbocycles. The number of rotatable bonds is 3. The molecule has 1 aliphatic heterocycles. The third-order valence-electron chi connectivity index (χ3n) is 3.76. The number of nitrogens with zero attached hydrogens (tertiary/aromatic N) is 5. The first-order valence-corrected chi connectivity index (χ1v) is 7.44. The minimum Gasteiger partial charge on any atom is -0.269 e. The van der Waals surface area contributed by atoms with Crippen LogP contribution in [-0.2, 0) is 6.54 Å². The maximum absolute atomic E-state index is 12.4. The van der Waals surface area contributed by atoms with Crippen molar-refractivity contribution in [2.75, 3.05) is 0 Å². The lowest BCUT2D eigenvalue weighted by Crippen LogP contribution is -2.30. The minimum absolute atomic E-state index is 0.0328. The van der Waals surface area contributed by atoms with Gasteiger partial charge in [0.15, 0.2) is 5.82 Å². The van der Waals surface area contributed by atoms with Gasteiger partial charge in [-0.3, -0.25) is 14.5 Å². The summed E-state index contributed by atoms with van der Waals surface area (Å²) in [6.45, 7) is 0.0328. The fraction of sp³-hybridized carbons (Fsp3) is 0.308. The fourth-order valence-corrected chi connectivity index (χ4v) is 2.82. The number of imide groups is 1. The van der Waals surface area contributed by atoms with Crippen molar-refractivity contribution in [3.8, 4) is 0 Å². The maximum Gasteiger partial charge on any atom is 0.262 e. The molecule has 0 spiro atoms. The van der Waals surface area contributed by atoms with Crippen molar-refractivity contribution in [2.24, 2.45) is 0 Å². The van der Waals surface area contributed by atoms with Crippen molar-refractivity contribution in [3.63, 3.8) is 0 Å². The summed E-state index contributed by atoms with van der Waals surface area (Å²) in [7, 11) is 0. The summed E-state index contributed by atoms with van der Waals surface area (Å²) >= 11 is 11.8. The topological polar surface area (TPSA) is 81.0 Å². The average Bonchev–Trinajstić information content (AvgIpc) is 3.20. The Bertz CT molecular complexity index is 774. The number of carbonyl (C=O) groups is 2. The van der Waals surface area contributed by atoms with Crippen LogP contribution in [0.4, 0.5) is 0 Å². The first kappa shape index (κ1) is 13.7. The van der Waals surface area contributed by atoms with Crippen LogP contribution in [0.25, 0.3) is 0 Å². The van der Waals surface area contributed by atoms with E-state index in [4.69, 9.17) is 23.2 Å². The summed E-state index contributed by atoms with van der Waals surface area (Å²) in [4.78, 5) is 26.0. The van der Waals surface area contributed by atoms with Gasteiger partial charge in [0.25, 0.3) is 11.8 Å². The molecule has 0 N–H and O–H groups in total. The molecule has 0 unspecified atom stereocenters. The third-order valence-corrected chi connectivity index (χ3v) is 4.49. The predicted molar refractivity (Wildman–Crippen MR) is 76.8 cm³/mol. The van der Waals surface area contributed by atoms with Gasteiger partial charge in [0.2, 0.25) is 0 Å². The highest BCUT2D eigenvalue weighted by Crippen LogP contribution is 2.35. The van der Waals surface area contributed by atoms with E-state index in [1.54, 1.807) is 4.68 Å². The second-order valence-corrected chi connectivity index (χ2v) is 6.09. The molecule has 2 amide bonds. The molecule has 0 atom stereocenters. The molecule has 2 aromatic rings. The molecular formula is C13H9Cl2N5O2. The van der Waals surface area contributed by atoms with E-state index in [9.17, 15) is 9.59 Å². The molecule has 22 heavy (non-hydrogen) atoms. The Labute approximate surface area is 134 Å². The number of halogens is 2. The van der Waals surface area contributed by atoms with E-state index in [2.05, 4.69) is 15.5 Å². The van der Waals surface area contributed by atoms with Gasteiger partial charge in [-0.05, 0) is 35.4 Å². The third kappa shape index (κ3) is 2.00. The van der Waals surface area contributed by atoms with Crippen molar-refractivity contribution in [1.82, 2.24) is 25.1 Å². The van der Waals surface area contributed by atoms with Crippen LogP contribution in [0.1, 0.15) is 45.4 Å². The van der Waals surface area contributed by atoms with Gasteiger partial charge in [-0.15, -0.1) is 5.10 Å². The average molecular weight is 338 g/mol. The lowest BCUT2D eigenvalue weighted by Gasteiger charge is -2.12. The van der Waals surface area contributed by atoms with Gasteiger partial charge < -0.3 is 0 Å². The summed E-state index contributed by atoms with van der Waals surface area (Å²) in [6, 6.07) is 3.11. The van der Waals surface area contributed by atoms with Crippen LogP contribution < -0.4 is 0 Å². The Hall–Kier alpha value is -1.99. The Kier molecular flexibility index (Phi) is 2.95. The Balaban J connectivity index is 1.68.